The summed E-state index contributed by atoms with van der Waals surface area (Å²) in [6.45, 7) is 7.66. The van der Waals surface area contributed by atoms with E-state index in [0.717, 1.165) is 48.4 Å². The van der Waals surface area contributed by atoms with Crippen LogP contribution in [0.4, 0.5) is 0 Å². The molecule has 1 aliphatic heterocycles. The highest BCUT2D eigenvalue weighted by Crippen LogP contribution is 2.25. The number of rotatable bonds is 6. The molecule has 2 aromatic rings. The molecule has 0 radical (unpaired) electrons. The lowest BCUT2D eigenvalue weighted by molar-refractivity contribution is -0.121. The molecule has 1 aliphatic rings. The molecular formula is C23H32N4O2. The van der Waals surface area contributed by atoms with Crippen molar-refractivity contribution in [3.8, 4) is 5.69 Å². The number of piperidine rings is 1. The highest BCUT2D eigenvalue weighted by atomic mass is 16.2. The van der Waals surface area contributed by atoms with E-state index in [1.165, 1.54) is 5.56 Å². The fourth-order valence-corrected chi connectivity index (χ4v) is 4.23. The number of hydrogen-bond donors (Lipinski definition) is 2. The van der Waals surface area contributed by atoms with Crippen molar-refractivity contribution in [2.75, 3.05) is 19.6 Å². The van der Waals surface area contributed by atoms with Crippen LogP contribution in [0.15, 0.2) is 30.3 Å². The largest absolute Gasteiger partial charge is 0.354 e. The topological polar surface area (TPSA) is 80.4 Å². The Morgan fingerprint density at radius 3 is 2.69 bits per heavy atom. The maximum atomic E-state index is 13.4. The number of nitrogens with zero attached hydrogens (tertiary/aromatic N) is 2. The van der Waals surface area contributed by atoms with Gasteiger partial charge in [0.2, 0.25) is 5.91 Å². The number of amides is 2. The second-order valence-electron chi connectivity index (χ2n) is 7.95. The number of aryl methyl sites for hydroxylation is 2. The Morgan fingerprint density at radius 2 is 1.97 bits per heavy atom. The first-order chi connectivity index (χ1) is 13.9. The van der Waals surface area contributed by atoms with Gasteiger partial charge in [-0.3, -0.25) is 9.59 Å². The van der Waals surface area contributed by atoms with Gasteiger partial charge in [0.15, 0.2) is 0 Å². The first-order valence-corrected chi connectivity index (χ1v) is 10.5. The van der Waals surface area contributed by atoms with Crippen molar-refractivity contribution in [1.29, 1.82) is 0 Å². The van der Waals surface area contributed by atoms with E-state index in [0.29, 0.717) is 19.5 Å². The van der Waals surface area contributed by atoms with Gasteiger partial charge in [-0.1, -0.05) is 12.1 Å². The van der Waals surface area contributed by atoms with E-state index in [4.69, 9.17) is 5.73 Å². The molecular weight excluding hydrogens is 364 g/mol. The van der Waals surface area contributed by atoms with Crippen LogP contribution < -0.4 is 11.1 Å². The number of aromatic nitrogens is 1. The highest BCUT2D eigenvalue weighted by molar-refractivity contribution is 5.96. The average molecular weight is 397 g/mol. The van der Waals surface area contributed by atoms with Crippen LogP contribution in [-0.2, 0) is 4.79 Å². The van der Waals surface area contributed by atoms with E-state index in [-0.39, 0.29) is 17.9 Å². The van der Waals surface area contributed by atoms with Crippen LogP contribution in [0.3, 0.4) is 0 Å². The van der Waals surface area contributed by atoms with Gasteiger partial charge in [0.05, 0.1) is 5.56 Å². The molecule has 156 valence electrons. The number of benzene rings is 1. The van der Waals surface area contributed by atoms with Crippen molar-refractivity contribution in [2.24, 2.45) is 5.73 Å². The maximum Gasteiger partial charge on any atom is 0.256 e. The number of likely N-dealkylation sites (tertiary alicyclic amines) is 1. The molecule has 29 heavy (non-hydrogen) atoms. The minimum absolute atomic E-state index is 0.0278. The molecule has 3 N–H and O–H groups in total. The fourth-order valence-electron chi connectivity index (χ4n) is 4.23. The normalized spacial score (nSPS) is 16.7. The standard InChI is InChI=1S/C23H32N4O2/c1-16-7-6-9-19(13-16)27-17(2)14-21(18(27)3)23(29)26-12-5-4-8-20(26)15-25-22(28)10-11-24/h6-7,9,13-14,20H,4-5,8,10-12,15,24H2,1-3H3,(H,25,28). The van der Waals surface area contributed by atoms with Gasteiger partial charge >= 0.3 is 0 Å². The molecule has 0 bridgehead atoms. The molecule has 1 aromatic heterocycles. The summed E-state index contributed by atoms with van der Waals surface area (Å²) in [4.78, 5) is 27.2. The van der Waals surface area contributed by atoms with Gasteiger partial charge < -0.3 is 20.5 Å². The fraction of sp³-hybridized carbons (Fsp3) is 0.478. The smallest absolute Gasteiger partial charge is 0.256 e. The molecule has 0 saturated carbocycles. The van der Waals surface area contributed by atoms with Gasteiger partial charge in [0.1, 0.15) is 0 Å². The Labute approximate surface area is 173 Å². The lowest BCUT2D eigenvalue weighted by atomic mass is 10.0. The van der Waals surface area contributed by atoms with Gasteiger partial charge in [0, 0.05) is 49.2 Å². The van der Waals surface area contributed by atoms with E-state index in [1.807, 2.05) is 30.9 Å². The van der Waals surface area contributed by atoms with Crippen molar-refractivity contribution in [3.05, 3.63) is 52.8 Å². The average Bonchev–Trinajstić information content (AvgIpc) is 3.00. The van der Waals surface area contributed by atoms with Gasteiger partial charge in [-0.15, -0.1) is 0 Å². The Bertz CT molecular complexity index is 887. The molecule has 0 aliphatic carbocycles. The molecule has 1 aromatic carbocycles. The number of carbonyl (C=O) groups excluding carboxylic acids is 2. The van der Waals surface area contributed by atoms with Gasteiger partial charge in [-0.25, -0.2) is 0 Å². The molecule has 1 unspecified atom stereocenters. The quantitative estimate of drug-likeness (QED) is 0.788. The van der Waals surface area contributed by atoms with Crippen LogP contribution >= 0.6 is 0 Å². The molecule has 6 nitrogen and oxygen atoms in total. The number of nitrogens with one attached hydrogen (secondary N) is 1. The second kappa shape index (κ2) is 9.27. The van der Waals surface area contributed by atoms with Crippen LogP contribution in [0.25, 0.3) is 5.69 Å². The molecule has 2 amide bonds. The van der Waals surface area contributed by atoms with Gasteiger partial charge in [-0.2, -0.15) is 0 Å². The van der Waals surface area contributed by atoms with E-state index in [9.17, 15) is 9.59 Å². The van der Waals surface area contributed by atoms with Crippen LogP contribution in [0.5, 0.6) is 0 Å². The van der Waals surface area contributed by atoms with Crippen LogP contribution in [0.2, 0.25) is 0 Å². The minimum Gasteiger partial charge on any atom is -0.354 e. The molecule has 1 atom stereocenters. The Kier molecular flexibility index (Phi) is 6.75. The number of carbonyl (C=O) groups is 2. The van der Waals surface area contributed by atoms with Crippen molar-refractivity contribution in [2.45, 2.75) is 52.5 Å². The van der Waals surface area contributed by atoms with Crippen molar-refractivity contribution in [1.82, 2.24) is 14.8 Å². The summed E-state index contributed by atoms with van der Waals surface area (Å²) < 4.78 is 2.14. The third kappa shape index (κ3) is 4.70. The maximum absolute atomic E-state index is 13.4. The van der Waals surface area contributed by atoms with Gasteiger partial charge in [-0.05, 0) is 63.8 Å². The summed E-state index contributed by atoms with van der Waals surface area (Å²) in [5.41, 5.74) is 10.4. The Morgan fingerprint density at radius 1 is 1.17 bits per heavy atom. The van der Waals surface area contributed by atoms with E-state index in [1.54, 1.807) is 0 Å². The Hall–Kier alpha value is -2.60. The summed E-state index contributed by atoms with van der Waals surface area (Å²) in [6.07, 6.45) is 3.29. The lowest BCUT2D eigenvalue weighted by Crippen LogP contribution is -2.49. The van der Waals surface area contributed by atoms with E-state index < -0.39 is 0 Å². The summed E-state index contributed by atoms with van der Waals surface area (Å²) in [6, 6.07) is 10.3. The lowest BCUT2D eigenvalue weighted by Gasteiger charge is -2.36. The van der Waals surface area contributed by atoms with Crippen LogP contribution in [0, 0.1) is 20.8 Å². The molecule has 6 heteroatoms. The summed E-state index contributed by atoms with van der Waals surface area (Å²) in [5.74, 6) is -0.00197. The summed E-state index contributed by atoms with van der Waals surface area (Å²) in [5, 5.41) is 2.93. The second-order valence-corrected chi connectivity index (χ2v) is 7.95. The molecule has 1 fully saturated rings. The zero-order chi connectivity index (χ0) is 21.0. The predicted octanol–water partition coefficient (Wildman–Crippen LogP) is 2.86. The predicted molar refractivity (Wildman–Crippen MR) is 115 cm³/mol. The first-order valence-electron chi connectivity index (χ1n) is 10.5. The molecule has 3 rings (SSSR count). The SMILES string of the molecule is Cc1cccc(-n2c(C)cc(C(=O)N3CCCCC3CNC(=O)CCN)c2C)c1. The third-order valence-electron chi connectivity index (χ3n) is 5.72. The van der Waals surface area contributed by atoms with Gasteiger partial charge in [0.25, 0.3) is 5.91 Å². The van der Waals surface area contributed by atoms with Crippen molar-refractivity contribution >= 4 is 11.8 Å². The summed E-state index contributed by atoms with van der Waals surface area (Å²) in [7, 11) is 0. The number of nitrogens with two attached hydrogens (primary N) is 1. The third-order valence-corrected chi connectivity index (χ3v) is 5.72. The molecule has 1 saturated heterocycles. The highest BCUT2D eigenvalue weighted by Gasteiger charge is 2.30. The Balaban J connectivity index is 1.83. The zero-order valence-corrected chi connectivity index (χ0v) is 17.7. The van der Waals surface area contributed by atoms with E-state index in [2.05, 4.69) is 35.0 Å². The monoisotopic (exact) mass is 396 g/mol. The molecule has 2 heterocycles. The molecule has 0 spiro atoms. The zero-order valence-electron chi connectivity index (χ0n) is 17.7. The minimum atomic E-state index is -0.0527. The first kappa shape index (κ1) is 21.1. The van der Waals surface area contributed by atoms with Crippen LogP contribution in [-0.4, -0.2) is 47.0 Å². The van der Waals surface area contributed by atoms with Crippen molar-refractivity contribution in [3.63, 3.8) is 0 Å². The van der Waals surface area contributed by atoms with Crippen molar-refractivity contribution < 1.29 is 9.59 Å². The summed E-state index contributed by atoms with van der Waals surface area (Å²) >= 11 is 0. The van der Waals surface area contributed by atoms with Crippen LogP contribution in [0.1, 0.15) is 53.0 Å². The van der Waals surface area contributed by atoms with E-state index >= 15 is 0 Å². The number of hydrogen-bond acceptors (Lipinski definition) is 3.